The van der Waals surface area contributed by atoms with Gasteiger partial charge in [0.2, 0.25) is 0 Å². The molecule has 3 aromatic rings. The highest BCUT2D eigenvalue weighted by Gasteiger charge is 2.14. The Kier molecular flexibility index (Phi) is 4.15. The number of nitrogens with zero attached hydrogens (tertiary/aromatic N) is 3. The summed E-state index contributed by atoms with van der Waals surface area (Å²) in [6, 6.07) is 15.7. The third-order valence-electron chi connectivity index (χ3n) is 3.28. The van der Waals surface area contributed by atoms with Crippen LogP contribution in [0.4, 0.5) is 11.4 Å². The molecule has 5 heteroatoms. The van der Waals surface area contributed by atoms with Crippen LogP contribution in [0.2, 0.25) is 0 Å². The topological polar surface area (TPSA) is 50.8 Å². The van der Waals surface area contributed by atoms with Gasteiger partial charge in [0.05, 0.1) is 5.69 Å². The molecule has 0 atom stereocenters. The zero-order valence-corrected chi connectivity index (χ0v) is 13.8. The van der Waals surface area contributed by atoms with Crippen molar-refractivity contribution in [2.24, 2.45) is 10.2 Å². The van der Waals surface area contributed by atoms with Gasteiger partial charge in [-0.1, -0.05) is 51.4 Å². The number of aryl methyl sites for hydroxylation is 2. The fourth-order valence-electron chi connectivity index (χ4n) is 2.10. The molecule has 22 heavy (non-hydrogen) atoms. The van der Waals surface area contributed by atoms with Crippen LogP contribution in [0.15, 0.2) is 67.8 Å². The summed E-state index contributed by atoms with van der Waals surface area (Å²) in [6.07, 6.45) is 0. The average molecular weight is 356 g/mol. The smallest absolute Gasteiger partial charge is 0.194 e. The Bertz CT molecular complexity index is 825. The molecule has 1 heterocycles. The van der Waals surface area contributed by atoms with Crippen LogP contribution in [0.1, 0.15) is 11.3 Å². The lowest BCUT2D eigenvalue weighted by atomic mass is 10.1. The van der Waals surface area contributed by atoms with Crippen LogP contribution < -0.4 is 0 Å². The molecule has 0 aliphatic carbocycles. The summed E-state index contributed by atoms with van der Waals surface area (Å²) in [5, 5.41) is 12.7. The minimum atomic E-state index is 0.636. The van der Waals surface area contributed by atoms with Gasteiger partial charge in [0.15, 0.2) is 11.4 Å². The number of aromatic nitrogens is 1. The number of azo groups is 1. The van der Waals surface area contributed by atoms with E-state index in [4.69, 9.17) is 4.52 Å². The first-order chi connectivity index (χ1) is 10.6. The van der Waals surface area contributed by atoms with Gasteiger partial charge in [-0.3, -0.25) is 0 Å². The molecular formula is C17H14BrN3O. The molecule has 1 aromatic heterocycles. The standard InChI is InChI=1S/C17H14BrN3O/c1-11-10-14(18)8-9-15(11)19-20-16-12(2)21-22-17(16)13-6-4-3-5-7-13/h3-10H,1-2H3. The number of halogens is 1. The van der Waals surface area contributed by atoms with E-state index in [9.17, 15) is 0 Å². The minimum absolute atomic E-state index is 0.636. The maximum Gasteiger partial charge on any atom is 0.194 e. The van der Waals surface area contributed by atoms with E-state index in [1.54, 1.807) is 0 Å². The monoisotopic (exact) mass is 355 g/mol. The first kappa shape index (κ1) is 14.7. The van der Waals surface area contributed by atoms with Gasteiger partial charge in [-0.25, -0.2) is 0 Å². The van der Waals surface area contributed by atoms with Crippen LogP contribution in [0.25, 0.3) is 11.3 Å². The lowest BCUT2D eigenvalue weighted by Gasteiger charge is -2.00. The minimum Gasteiger partial charge on any atom is -0.354 e. The molecule has 0 saturated heterocycles. The molecule has 2 aromatic carbocycles. The number of hydrogen-bond acceptors (Lipinski definition) is 4. The number of rotatable bonds is 3. The molecule has 0 bridgehead atoms. The van der Waals surface area contributed by atoms with Crippen molar-refractivity contribution in [3.8, 4) is 11.3 Å². The number of hydrogen-bond donors (Lipinski definition) is 0. The van der Waals surface area contributed by atoms with Gasteiger partial charge in [0.1, 0.15) is 5.69 Å². The molecule has 0 N–H and O–H groups in total. The van der Waals surface area contributed by atoms with Crippen molar-refractivity contribution in [1.82, 2.24) is 5.16 Å². The van der Waals surface area contributed by atoms with Gasteiger partial charge >= 0.3 is 0 Å². The largest absolute Gasteiger partial charge is 0.354 e. The summed E-state index contributed by atoms with van der Waals surface area (Å²) in [5.41, 5.74) is 4.19. The van der Waals surface area contributed by atoms with E-state index in [2.05, 4.69) is 31.3 Å². The fourth-order valence-corrected chi connectivity index (χ4v) is 2.57. The summed E-state index contributed by atoms with van der Waals surface area (Å²) < 4.78 is 6.43. The summed E-state index contributed by atoms with van der Waals surface area (Å²) in [4.78, 5) is 0. The molecule has 0 radical (unpaired) electrons. The van der Waals surface area contributed by atoms with Crippen LogP contribution in [0, 0.1) is 13.8 Å². The Labute approximate surface area is 137 Å². The van der Waals surface area contributed by atoms with Crippen molar-refractivity contribution in [2.45, 2.75) is 13.8 Å². The third-order valence-corrected chi connectivity index (χ3v) is 3.78. The van der Waals surface area contributed by atoms with Crippen molar-refractivity contribution < 1.29 is 4.52 Å². The van der Waals surface area contributed by atoms with Crippen LogP contribution in [0.5, 0.6) is 0 Å². The Balaban J connectivity index is 1.99. The fraction of sp³-hybridized carbons (Fsp3) is 0.118. The third kappa shape index (κ3) is 2.99. The lowest BCUT2D eigenvalue weighted by Crippen LogP contribution is -1.76. The zero-order chi connectivity index (χ0) is 15.5. The molecule has 0 aliphatic heterocycles. The highest BCUT2D eigenvalue weighted by Crippen LogP contribution is 2.34. The van der Waals surface area contributed by atoms with Gasteiger partial charge in [-0.2, -0.15) is 5.11 Å². The van der Waals surface area contributed by atoms with Gasteiger partial charge in [0.25, 0.3) is 0 Å². The van der Waals surface area contributed by atoms with Crippen molar-refractivity contribution in [2.75, 3.05) is 0 Å². The van der Waals surface area contributed by atoms with Crippen molar-refractivity contribution in [3.63, 3.8) is 0 Å². The molecule has 0 amide bonds. The maximum absolute atomic E-state index is 5.41. The van der Waals surface area contributed by atoms with E-state index >= 15 is 0 Å². The molecule has 0 aliphatic rings. The molecule has 0 spiro atoms. The summed E-state index contributed by atoms with van der Waals surface area (Å²) in [7, 11) is 0. The van der Waals surface area contributed by atoms with Crippen molar-refractivity contribution in [3.05, 3.63) is 64.3 Å². The molecule has 0 saturated carbocycles. The molecule has 0 fully saturated rings. The van der Waals surface area contributed by atoms with Gasteiger partial charge < -0.3 is 4.52 Å². The average Bonchev–Trinajstić information content (AvgIpc) is 2.88. The summed E-state index contributed by atoms with van der Waals surface area (Å²) in [5.74, 6) is 0.636. The highest BCUT2D eigenvalue weighted by molar-refractivity contribution is 9.10. The van der Waals surface area contributed by atoms with Gasteiger partial charge in [-0.15, -0.1) is 5.11 Å². The van der Waals surface area contributed by atoms with Crippen molar-refractivity contribution in [1.29, 1.82) is 0 Å². The van der Waals surface area contributed by atoms with E-state index in [1.165, 1.54) is 0 Å². The first-order valence-electron chi connectivity index (χ1n) is 6.85. The van der Waals surface area contributed by atoms with E-state index in [1.807, 2.05) is 62.4 Å². The second kappa shape index (κ2) is 6.23. The van der Waals surface area contributed by atoms with Crippen LogP contribution in [-0.2, 0) is 0 Å². The normalized spacial score (nSPS) is 11.2. The van der Waals surface area contributed by atoms with Gasteiger partial charge in [-0.05, 0) is 37.6 Å². The quantitative estimate of drug-likeness (QED) is 0.530. The molecular weight excluding hydrogens is 342 g/mol. The first-order valence-corrected chi connectivity index (χ1v) is 7.64. The number of benzene rings is 2. The SMILES string of the molecule is Cc1cc(Br)ccc1N=Nc1c(C)noc1-c1ccccc1. The summed E-state index contributed by atoms with van der Waals surface area (Å²) >= 11 is 3.44. The summed E-state index contributed by atoms with van der Waals surface area (Å²) in [6.45, 7) is 3.86. The Hall–Kier alpha value is -2.27. The van der Waals surface area contributed by atoms with Crippen LogP contribution in [-0.4, -0.2) is 5.16 Å². The second-order valence-corrected chi connectivity index (χ2v) is 5.86. The Morgan fingerprint density at radius 3 is 2.50 bits per heavy atom. The maximum atomic E-state index is 5.41. The Morgan fingerprint density at radius 1 is 1.00 bits per heavy atom. The van der Waals surface area contributed by atoms with Crippen LogP contribution >= 0.6 is 15.9 Å². The molecule has 110 valence electrons. The molecule has 0 unspecified atom stereocenters. The van der Waals surface area contributed by atoms with E-state index in [-0.39, 0.29) is 0 Å². The van der Waals surface area contributed by atoms with Crippen molar-refractivity contribution >= 4 is 27.3 Å². The zero-order valence-electron chi connectivity index (χ0n) is 12.2. The van der Waals surface area contributed by atoms with E-state index in [0.717, 1.165) is 27.0 Å². The van der Waals surface area contributed by atoms with Gasteiger partial charge in [0, 0.05) is 10.0 Å². The van der Waals surface area contributed by atoms with Crippen LogP contribution in [0.3, 0.4) is 0 Å². The molecule has 4 nitrogen and oxygen atoms in total. The van der Waals surface area contributed by atoms with E-state index in [0.29, 0.717) is 11.4 Å². The highest BCUT2D eigenvalue weighted by atomic mass is 79.9. The lowest BCUT2D eigenvalue weighted by molar-refractivity contribution is 0.427. The molecule has 3 rings (SSSR count). The predicted octanol–water partition coefficient (Wildman–Crippen LogP) is 6.14. The predicted molar refractivity (Wildman–Crippen MR) is 89.7 cm³/mol. The Morgan fingerprint density at radius 2 is 1.77 bits per heavy atom. The van der Waals surface area contributed by atoms with E-state index < -0.39 is 0 Å². The second-order valence-electron chi connectivity index (χ2n) is 4.94.